The van der Waals surface area contributed by atoms with Crippen LogP contribution in [0.3, 0.4) is 0 Å². The van der Waals surface area contributed by atoms with Gasteiger partial charge in [-0.3, -0.25) is 0 Å². The van der Waals surface area contributed by atoms with Crippen molar-refractivity contribution in [1.82, 2.24) is 5.32 Å². The molecule has 1 aliphatic heterocycles. The molecule has 2 heteroatoms. The lowest BCUT2D eigenvalue weighted by molar-refractivity contribution is 0.105. The number of hydrogen-bond acceptors (Lipinski definition) is 2. The second-order valence-corrected chi connectivity index (χ2v) is 6.00. The lowest BCUT2D eigenvalue weighted by atomic mass is 9.82. The zero-order chi connectivity index (χ0) is 12.9. The van der Waals surface area contributed by atoms with Crippen molar-refractivity contribution in [3.05, 3.63) is 35.9 Å². The van der Waals surface area contributed by atoms with Crippen LogP contribution in [0.1, 0.15) is 50.0 Å². The predicted octanol–water partition coefficient (Wildman–Crippen LogP) is 3.48. The van der Waals surface area contributed by atoms with Crippen LogP contribution in [-0.2, 0) is 4.74 Å². The van der Waals surface area contributed by atoms with E-state index in [1.54, 1.807) is 0 Å². The first-order valence-corrected chi connectivity index (χ1v) is 7.82. The molecule has 0 spiro atoms. The fraction of sp³-hybridized carbons (Fsp3) is 0.647. The summed E-state index contributed by atoms with van der Waals surface area (Å²) in [5.74, 6) is 0.780. The van der Waals surface area contributed by atoms with Gasteiger partial charge in [0, 0.05) is 19.2 Å². The molecule has 1 aromatic carbocycles. The lowest BCUT2D eigenvalue weighted by Gasteiger charge is -2.30. The molecular formula is C17H25NO. The zero-order valence-electron chi connectivity index (χ0n) is 11.7. The summed E-state index contributed by atoms with van der Waals surface area (Å²) in [6, 6.07) is 11.7. The minimum absolute atomic E-state index is 0.479. The maximum Gasteiger partial charge on any atom is 0.0700 e. The van der Waals surface area contributed by atoms with Gasteiger partial charge in [-0.2, -0.15) is 0 Å². The highest BCUT2D eigenvalue weighted by Gasteiger charge is 2.23. The molecular weight excluding hydrogens is 234 g/mol. The average molecular weight is 259 g/mol. The number of benzene rings is 1. The van der Waals surface area contributed by atoms with Gasteiger partial charge in [-0.25, -0.2) is 0 Å². The SMILES string of the molecule is c1ccc(C2CCC(NCC3CCCO3)CC2)cc1. The molecule has 2 fully saturated rings. The highest BCUT2D eigenvalue weighted by molar-refractivity contribution is 5.20. The van der Waals surface area contributed by atoms with Gasteiger partial charge in [-0.1, -0.05) is 30.3 Å². The molecule has 1 N–H and O–H groups in total. The molecule has 1 saturated heterocycles. The Balaban J connectivity index is 1.42. The smallest absolute Gasteiger partial charge is 0.0700 e. The van der Waals surface area contributed by atoms with Crippen LogP contribution in [0.2, 0.25) is 0 Å². The fourth-order valence-electron chi connectivity index (χ4n) is 3.46. The van der Waals surface area contributed by atoms with Crippen molar-refractivity contribution >= 4 is 0 Å². The van der Waals surface area contributed by atoms with Gasteiger partial charge < -0.3 is 10.1 Å². The molecule has 1 atom stereocenters. The maximum atomic E-state index is 5.67. The Morgan fingerprint density at radius 1 is 1.00 bits per heavy atom. The average Bonchev–Trinajstić information content (AvgIpc) is 3.00. The molecule has 2 nitrogen and oxygen atoms in total. The summed E-state index contributed by atoms with van der Waals surface area (Å²) in [4.78, 5) is 0. The quantitative estimate of drug-likeness (QED) is 0.894. The second kappa shape index (κ2) is 6.53. The maximum absolute atomic E-state index is 5.67. The minimum Gasteiger partial charge on any atom is -0.377 e. The minimum atomic E-state index is 0.479. The van der Waals surface area contributed by atoms with Gasteiger partial charge in [0.1, 0.15) is 0 Å². The Hall–Kier alpha value is -0.860. The van der Waals surface area contributed by atoms with Crippen LogP contribution in [-0.4, -0.2) is 25.3 Å². The summed E-state index contributed by atoms with van der Waals surface area (Å²) in [7, 11) is 0. The van der Waals surface area contributed by atoms with Gasteiger partial charge in [0.05, 0.1) is 6.10 Å². The van der Waals surface area contributed by atoms with E-state index in [0.29, 0.717) is 12.1 Å². The first kappa shape index (κ1) is 13.1. The van der Waals surface area contributed by atoms with Crippen molar-refractivity contribution < 1.29 is 4.74 Å². The van der Waals surface area contributed by atoms with Crippen LogP contribution in [0.15, 0.2) is 30.3 Å². The molecule has 104 valence electrons. The van der Waals surface area contributed by atoms with E-state index in [9.17, 15) is 0 Å². The monoisotopic (exact) mass is 259 g/mol. The lowest BCUT2D eigenvalue weighted by Crippen LogP contribution is -2.37. The number of hydrogen-bond donors (Lipinski definition) is 1. The number of nitrogens with one attached hydrogen (secondary N) is 1. The molecule has 1 heterocycles. The Kier molecular flexibility index (Phi) is 4.52. The van der Waals surface area contributed by atoms with Crippen molar-refractivity contribution in [2.45, 2.75) is 56.6 Å². The highest BCUT2D eigenvalue weighted by Crippen LogP contribution is 2.32. The summed E-state index contributed by atoms with van der Waals surface area (Å²) >= 11 is 0. The zero-order valence-corrected chi connectivity index (χ0v) is 11.7. The van der Waals surface area contributed by atoms with Crippen LogP contribution in [0, 0.1) is 0 Å². The molecule has 2 aliphatic rings. The summed E-state index contributed by atoms with van der Waals surface area (Å²) in [5.41, 5.74) is 1.53. The molecule has 1 saturated carbocycles. The van der Waals surface area contributed by atoms with Crippen LogP contribution in [0.5, 0.6) is 0 Å². The molecule has 3 rings (SSSR count). The molecule has 0 aromatic heterocycles. The number of ether oxygens (including phenoxy) is 1. The van der Waals surface area contributed by atoms with Crippen molar-refractivity contribution in [2.75, 3.05) is 13.2 Å². The van der Waals surface area contributed by atoms with Crippen molar-refractivity contribution in [3.8, 4) is 0 Å². The van der Waals surface area contributed by atoms with E-state index in [1.165, 1.54) is 44.1 Å². The second-order valence-electron chi connectivity index (χ2n) is 6.00. The largest absolute Gasteiger partial charge is 0.377 e. The van der Waals surface area contributed by atoms with Crippen molar-refractivity contribution in [2.24, 2.45) is 0 Å². The normalized spacial score (nSPS) is 31.5. The van der Waals surface area contributed by atoms with E-state index < -0.39 is 0 Å². The molecule has 0 bridgehead atoms. The summed E-state index contributed by atoms with van der Waals surface area (Å²) in [6.45, 7) is 2.02. The summed E-state index contributed by atoms with van der Waals surface area (Å²) in [5, 5.41) is 3.71. The van der Waals surface area contributed by atoms with E-state index in [1.807, 2.05) is 0 Å². The van der Waals surface area contributed by atoms with Crippen LogP contribution in [0.25, 0.3) is 0 Å². The summed E-state index contributed by atoms with van der Waals surface area (Å²) in [6.07, 6.45) is 8.24. The van der Waals surface area contributed by atoms with Crippen LogP contribution >= 0.6 is 0 Å². The molecule has 0 radical (unpaired) electrons. The third-order valence-corrected chi connectivity index (χ3v) is 4.66. The third-order valence-electron chi connectivity index (χ3n) is 4.66. The molecule has 19 heavy (non-hydrogen) atoms. The topological polar surface area (TPSA) is 21.3 Å². The first-order valence-electron chi connectivity index (χ1n) is 7.82. The Bertz CT molecular complexity index is 364. The van der Waals surface area contributed by atoms with E-state index in [0.717, 1.165) is 19.1 Å². The Labute approximate surface area is 116 Å². The van der Waals surface area contributed by atoms with E-state index in [-0.39, 0.29) is 0 Å². The predicted molar refractivity (Wildman–Crippen MR) is 78.4 cm³/mol. The van der Waals surface area contributed by atoms with E-state index in [2.05, 4.69) is 35.6 Å². The van der Waals surface area contributed by atoms with Gasteiger partial charge in [-0.05, 0) is 50.0 Å². The summed E-state index contributed by atoms with van der Waals surface area (Å²) < 4.78 is 5.67. The van der Waals surface area contributed by atoms with Gasteiger partial charge in [0.25, 0.3) is 0 Å². The van der Waals surface area contributed by atoms with Crippen LogP contribution in [0.4, 0.5) is 0 Å². The number of rotatable bonds is 4. The van der Waals surface area contributed by atoms with E-state index >= 15 is 0 Å². The van der Waals surface area contributed by atoms with Gasteiger partial charge in [0.15, 0.2) is 0 Å². The fourth-order valence-corrected chi connectivity index (χ4v) is 3.46. The van der Waals surface area contributed by atoms with E-state index in [4.69, 9.17) is 4.74 Å². The third kappa shape index (κ3) is 3.58. The standard InChI is InChI=1S/C17H25NO/c1-2-5-14(6-3-1)15-8-10-16(11-9-15)18-13-17-7-4-12-19-17/h1-3,5-6,15-18H,4,7-13H2. The molecule has 0 amide bonds. The van der Waals surface area contributed by atoms with Gasteiger partial charge >= 0.3 is 0 Å². The van der Waals surface area contributed by atoms with Gasteiger partial charge in [-0.15, -0.1) is 0 Å². The van der Waals surface area contributed by atoms with Crippen LogP contribution < -0.4 is 5.32 Å². The Morgan fingerprint density at radius 2 is 1.79 bits per heavy atom. The first-order chi connectivity index (χ1) is 9.42. The highest BCUT2D eigenvalue weighted by atomic mass is 16.5. The molecule has 1 unspecified atom stereocenters. The Morgan fingerprint density at radius 3 is 2.47 bits per heavy atom. The van der Waals surface area contributed by atoms with Crippen molar-refractivity contribution in [3.63, 3.8) is 0 Å². The molecule has 1 aromatic rings. The molecule has 1 aliphatic carbocycles. The van der Waals surface area contributed by atoms with Gasteiger partial charge in [0.2, 0.25) is 0 Å². The van der Waals surface area contributed by atoms with Crippen molar-refractivity contribution in [1.29, 1.82) is 0 Å².